The highest BCUT2D eigenvalue weighted by atomic mass is 16.4. The van der Waals surface area contributed by atoms with E-state index in [9.17, 15) is 4.79 Å². The van der Waals surface area contributed by atoms with Crippen molar-refractivity contribution < 1.29 is 9.90 Å². The van der Waals surface area contributed by atoms with Gasteiger partial charge in [0.2, 0.25) is 0 Å². The van der Waals surface area contributed by atoms with Gasteiger partial charge in [-0.1, -0.05) is 36.4 Å². The molecular weight excluding hydrogens is 276 g/mol. The van der Waals surface area contributed by atoms with Gasteiger partial charge in [0.15, 0.2) is 0 Å². The van der Waals surface area contributed by atoms with Crippen molar-refractivity contribution in [2.24, 2.45) is 0 Å². The van der Waals surface area contributed by atoms with E-state index >= 15 is 0 Å². The fourth-order valence-electron chi connectivity index (χ4n) is 2.61. The zero-order valence-electron chi connectivity index (χ0n) is 11.6. The minimum Gasteiger partial charge on any atom is -0.478 e. The molecule has 2 aromatic heterocycles. The Hall–Kier alpha value is -3.14. The highest BCUT2D eigenvalue weighted by Gasteiger charge is 2.08. The van der Waals surface area contributed by atoms with Crippen LogP contribution < -0.4 is 0 Å². The molecule has 4 aromatic rings. The molecule has 0 saturated heterocycles. The SMILES string of the molecule is O=C(O)c1ccc2nc(-c3ccc4ccccc4c3)cn2c1. The van der Waals surface area contributed by atoms with Crippen LogP contribution >= 0.6 is 0 Å². The van der Waals surface area contributed by atoms with E-state index < -0.39 is 5.97 Å². The number of fused-ring (bicyclic) bond motifs is 2. The number of benzene rings is 2. The van der Waals surface area contributed by atoms with Crippen molar-refractivity contribution in [1.82, 2.24) is 9.38 Å². The summed E-state index contributed by atoms with van der Waals surface area (Å²) in [6.07, 6.45) is 3.43. The fourth-order valence-corrected chi connectivity index (χ4v) is 2.61. The lowest BCUT2D eigenvalue weighted by Gasteiger charge is -2.00. The smallest absolute Gasteiger partial charge is 0.337 e. The number of rotatable bonds is 2. The number of nitrogens with zero attached hydrogens (tertiary/aromatic N) is 2. The Labute approximate surface area is 126 Å². The fraction of sp³-hybridized carbons (Fsp3) is 0. The van der Waals surface area contributed by atoms with Crippen molar-refractivity contribution in [2.75, 3.05) is 0 Å². The molecule has 4 rings (SSSR count). The molecule has 0 aliphatic heterocycles. The summed E-state index contributed by atoms with van der Waals surface area (Å²) >= 11 is 0. The summed E-state index contributed by atoms with van der Waals surface area (Å²) in [6, 6.07) is 17.6. The summed E-state index contributed by atoms with van der Waals surface area (Å²) in [7, 11) is 0. The van der Waals surface area contributed by atoms with Crippen molar-refractivity contribution in [1.29, 1.82) is 0 Å². The Balaban J connectivity index is 1.86. The van der Waals surface area contributed by atoms with Crippen LogP contribution in [-0.4, -0.2) is 20.5 Å². The average molecular weight is 288 g/mol. The molecule has 0 radical (unpaired) electrons. The molecule has 0 aliphatic rings. The summed E-state index contributed by atoms with van der Waals surface area (Å²) in [5.74, 6) is -0.942. The normalized spacial score (nSPS) is 11.1. The predicted octanol–water partition coefficient (Wildman–Crippen LogP) is 3.85. The third-order valence-corrected chi connectivity index (χ3v) is 3.74. The molecule has 2 heterocycles. The molecule has 2 aromatic carbocycles. The molecule has 0 amide bonds. The van der Waals surface area contributed by atoms with Gasteiger partial charge in [-0.25, -0.2) is 9.78 Å². The Morgan fingerprint density at radius 2 is 1.77 bits per heavy atom. The highest BCUT2D eigenvalue weighted by Crippen LogP contribution is 2.24. The molecule has 0 saturated carbocycles. The molecule has 0 bridgehead atoms. The standard InChI is InChI=1S/C18H12N2O2/c21-18(22)15-7-8-17-19-16(11-20(17)10-15)14-6-5-12-3-1-2-4-13(12)9-14/h1-11H,(H,21,22). The number of pyridine rings is 1. The van der Waals surface area contributed by atoms with Crippen molar-refractivity contribution >= 4 is 22.4 Å². The number of carboxylic acid groups (broad SMARTS) is 1. The van der Waals surface area contributed by atoms with Gasteiger partial charge in [-0.05, 0) is 29.0 Å². The molecule has 0 spiro atoms. The lowest BCUT2D eigenvalue weighted by molar-refractivity contribution is 0.0696. The Kier molecular flexibility index (Phi) is 2.69. The summed E-state index contributed by atoms with van der Waals surface area (Å²) in [5.41, 5.74) is 2.82. The molecule has 0 unspecified atom stereocenters. The van der Waals surface area contributed by atoms with Crippen LogP contribution in [0.5, 0.6) is 0 Å². The van der Waals surface area contributed by atoms with Gasteiger partial charge >= 0.3 is 5.97 Å². The van der Waals surface area contributed by atoms with Gasteiger partial charge in [-0.15, -0.1) is 0 Å². The van der Waals surface area contributed by atoms with E-state index in [-0.39, 0.29) is 5.56 Å². The van der Waals surface area contributed by atoms with Crippen LogP contribution in [0.1, 0.15) is 10.4 Å². The number of aromatic nitrogens is 2. The van der Waals surface area contributed by atoms with Crippen LogP contribution in [0, 0.1) is 0 Å². The first kappa shape index (κ1) is 12.6. The number of carbonyl (C=O) groups is 1. The maximum atomic E-state index is 11.0. The third-order valence-electron chi connectivity index (χ3n) is 3.74. The first-order valence-corrected chi connectivity index (χ1v) is 6.92. The minimum atomic E-state index is -0.942. The predicted molar refractivity (Wildman–Crippen MR) is 85.1 cm³/mol. The second-order valence-electron chi connectivity index (χ2n) is 5.18. The number of imidazole rings is 1. The first-order chi connectivity index (χ1) is 10.7. The molecule has 0 aliphatic carbocycles. The second-order valence-corrected chi connectivity index (χ2v) is 5.18. The van der Waals surface area contributed by atoms with Crippen molar-refractivity contribution in [3.8, 4) is 11.3 Å². The van der Waals surface area contributed by atoms with Crippen LogP contribution in [-0.2, 0) is 0 Å². The maximum Gasteiger partial charge on any atom is 0.337 e. The summed E-state index contributed by atoms with van der Waals surface area (Å²) in [6.45, 7) is 0. The third kappa shape index (κ3) is 2.02. The molecule has 0 fully saturated rings. The van der Waals surface area contributed by atoms with Crippen LogP contribution in [0.3, 0.4) is 0 Å². The van der Waals surface area contributed by atoms with Gasteiger partial charge in [0.05, 0.1) is 11.3 Å². The van der Waals surface area contributed by atoms with Crippen molar-refractivity contribution in [3.05, 3.63) is 72.6 Å². The average Bonchev–Trinajstić information content (AvgIpc) is 2.97. The zero-order valence-corrected chi connectivity index (χ0v) is 11.6. The number of aromatic carboxylic acids is 1. The van der Waals surface area contributed by atoms with E-state index in [0.29, 0.717) is 0 Å². The van der Waals surface area contributed by atoms with Gasteiger partial charge in [0.25, 0.3) is 0 Å². The molecule has 106 valence electrons. The van der Waals surface area contributed by atoms with E-state index in [1.54, 1.807) is 22.7 Å². The van der Waals surface area contributed by atoms with Gasteiger partial charge in [0, 0.05) is 18.0 Å². The summed E-state index contributed by atoms with van der Waals surface area (Å²) in [5, 5.41) is 11.4. The van der Waals surface area contributed by atoms with Crippen LogP contribution in [0.25, 0.3) is 27.7 Å². The quantitative estimate of drug-likeness (QED) is 0.609. The van der Waals surface area contributed by atoms with Crippen LogP contribution in [0.15, 0.2) is 67.0 Å². The Bertz CT molecular complexity index is 1020. The number of hydrogen-bond acceptors (Lipinski definition) is 2. The lowest BCUT2D eigenvalue weighted by Crippen LogP contribution is -1.97. The monoisotopic (exact) mass is 288 g/mol. The Morgan fingerprint density at radius 1 is 0.955 bits per heavy atom. The maximum absolute atomic E-state index is 11.0. The van der Waals surface area contributed by atoms with E-state index in [4.69, 9.17) is 5.11 Å². The zero-order chi connectivity index (χ0) is 15.1. The van der Waals surface area contributed by atoms with E-state index in [1.807, 2.05) is 24.4 Å². The number of carboxylic acids is 1. The largest absolute Gasteiger partial charge is 0.478 e. The van der Waals surface area contributed by atoms with Crippen LogP contribution in [0.2, 0.25) is 0 Å². The Morgan fingerprint density at radius 3 is 2.59 bits per heavy atom. The van der Waals surface area contributed by atoms with Gasteiger partial charge in [-0.2, -0.15) is 0 Å². The molecule has 4 heteroatoms. The lowest BCUT2D eigenvalue weighted by atomic mass is 10.1. The van der Waals surface area contributed by atoms with E-state index in [0.717, 1.165) is 22.3 Å². The van der Waals surface area contributed by atoms with Crippen molar-refractivity contribution in [2.45, 2.75) is 0 Å². The van der Waals surface area contributed by atoms with Crippen molar-refractivity contribution in [3.63, 3.8) is 0 Å². The molecule has 1 N–H and O–H groups in total. The summed E-state index contributed by atoms with van der Waals surface area (Å²) in [4.78, 5) is 15.6. The second kappa shape index (κ2) is 4.70. The van der Waals surface area contributed by atoms with Gasteiger partial charge in [-0.3, -0.25) is 0 Å². The van der Waals surface area contributed by atoms with E-state index in [2.05, 4.69) is 29.2 Å². The molecular formula is C18H12N2O2. The van der Waals surface area contributed by atoms with Gasteiger partial charge in [0.1, 0.15) is 5.65 Å². The molecule has 22 heavy (non-hydrogen) atoms. The van der Waals surface area contributed by atoms with Crippen LogP contribution in [0.4, 0.5) is 0 Å². The first-order valence-electron chi connectivity index (χ1n) is 6.92. The topological polar surface area (TPSA) is 54.6 Å². The van der Waals surface area contributed by atoms with Gasteiger partial charge < -0.3 is 9.51 Å². The molecule has 4 nitrogen and oxygen atoms in total. The molecule has 0 atom stereocenters. The highest BCUT2D eigenvalue weighted by molar-refractivity contribution is 5.88. The van der Waals surface area contributed by atoms with E-state index in [1.165, 1.54) is 5.39 Å². The summed E-state index contributed by atoms with van der Waals surface area (Å²) < 4.78 is 1.74. The number of hydrogen-bond donors (Lipinski definition) is 1. The minimum absolute atomic E-state index is 0.245.